The molecule has 1 atom stereocenters. The number of hydrogen-bond donors (Lipinski definition) is 2. The molecule has 1 aromatic rings. The van der Waals surface area contributed by atoms with Crippen molar-refractivity contribution in [1.29, 1.82) is 0 Å². The first kappa shape index (κ1) is 15.0. The van der Waals surface area contributed by atoms with Crippen molar-refractivity contribution in [3.63, 3.8) is 0 Å². The number of nitrogens with zero attached hydrogens (tertiary/aromatic N) is 1. The number of amides is 1. The Morgan fingerprint density at radius 2 is 1.95 bits per heavy atom. The Morgan fingerprint density at radius 3 is 2.50 bits per heavy atom. The lowest BCUT2D eigenvalue weighted by atomic mass is 10.0. The second kappa shape index (κ2) is 6.86. The van der Waals surface area contributed by atoms with Gasteiger partial charge in [-0.15, -0.1) is 0 Å². The van der Waals surface area contributed by atoms with Crippen LogP contribution in [0.3, 0.4) is 0 Å². The Morgan fingerprint density at radius 1 is 1.35 bits per heavy atom. The van der Waals surface area contributed by atoms with Gasteiger partial charge >= 0.3 is 0 Å². The van der Waals surface area contributed by atoms with Crippen molar-refractivity contribution in [2.24, 2.45) is 0 Å². The molecule has 0 aliphatic carbocycles. The van der Waals surface area contributed by atoms with Gasteiger partial charge in [-0.25, -0.2) is 0 Å². The summed E-state index contributed by atoms with van der Waals surface area (Å²) in [6.45, 7) is 5.85. The van der Waals surface area contributed by atoms with Crippen molar-refractivity contribution in [2.75, 3.05) is 19.6 Å². The predicted molar refractivity (Wildman–Crippen MR) is 79.4 cm³/mol. The number of likely N-dealkylation sites (tertiary alicyclic amines) is 1. The number of aliphatic hydroxyl groups is 1. The highest BCUT2D eigenvalue weighted by Crippen LogP contribution is 2.15. The summed E-state index contributed by atoms with van der Waals surface area (Å²) in [5.74, 6) is 0.156. The number of rotatable bonds is 4. The van der Waals surface area contributed by atoms with E-state index in [2.05, 4.69) is 5.32 Å². The van der Waals surface area contributed by atoms with Gasteiger partial charge in [-0.1, -0.05) is 29.8 Å². The minimum absolute atomic E-state index is 0.156. The SMILES string of the molecule is CC(=O)N1CCC(NCC(O)c2ccc(C)cc2)CC1. The third kappa shape index (κ3) is 4.05. The molecule has 1 amide bonds. The molecule has 0 spiro atoms. The van der Waals surface area contributed by atoms with Crippen molar-refractivity contribution < 1.29 is 9.90 Å². The second-order valence-electron chi connectivity index (χ2n) is 5.62. The van der Waals surface area contributed by atoms with Gasteiger partial charge in [-0.2, -0.15) is 0 Å². The molecule has 1 heterocycles. The summed E-state index contributed by atoms with van der Waals surface area (Å²) in [7, 11) is 0. The van der Waals surface area contributed by atoms with E-state index < -0.39 is 6.10 Å². The Bertz CT molecular complexity index is 436. The molecule has 20 heavy (non-hydrogen) atoms. The van der Waals surface area contributed by atoms with Crippen LogP contribution in [0, 0.1) is 6.92 Å². The monoisotopic (exact) mass is 276 g/mol. The first-order valence-electron chi connectivity index (χ1n) is 7.30. The molecule has 1 aromatic carbocycles. The summed E-state index contributed by atoms with van der Waals surface area (Å²) < 4.78 is 0. The fourth-order valence-electron chi connectivity index (χ4n) is 2.58. The highest BCUT2D eigenvalue weighted by Gasteiger charge is 2.20. The summed E-state index contributed by atoms with van der Waals surface area (Å²) in [5.41, 5.74) is 2.15. The van der Waals surface area contributed by atoms with Gasteiger partial charge in [-0.3, -0.25) is 4.79 Å². The molecule has 0 radical (unpaired) electrons. The minimum atomic E-state index is -0.471. The van der Waals surface area contributed by atoms with E-state index in [1.165, 1.54) is 5.56 Å². The zero-order chi connectivity index (χ0) is 14.5. The summed E-state index contributed by atoms with van der Waals surface area (Å²) in [5, 5.41) is 13.6. The van der Waals surface area contributed by atoms with E-state index in [9.17, 15) is 9.90 Å². The second-order valence-corrected chi connectivity index (χ2v) is 5.62. The lowest BCUT2D eigenvalue weighted by Gasteiger charge is -2.32. The van der Waals surface area contributed by atoms with E-state index >= 15 is 0 Å². The Hall–Kier alpha value is -1.39. The number of aliphatic hydroxyl groups excluding tert-OH is 1. The van der Waals surface area contributed by atoms with E-state index in [4.69, 9.17) is 0 Å². The molecule has 4 heteroatoms. The summed E-state index contributed by atoms with van der Waals surface area (Å²) in [4.78, 5) is 13.1. The maximum absolute atomic E-state index is 11.2. The van der Waals surface area contributed by atoms with E-state index in [1.807, 2.05) is 36.1 Å². The van der Waals surface area contributed by atoms with E-state index in [-0.39, 0.29) is 5.91 Å². The molecule has 1 saturated heterocycles. The zero-order valence-corrected chi connectivity index (χ0v) is 12.3. The topological polar surface area (TPSA) is 52.6 Å². The molecule has 2 rings (SSSR count). The first-order valence-corrected chi connectivity index (χ1v) is 7.30. The third-order valence-corrected chi connectivity index (χ3v) is 4.00. The maximum Gasteiger partial charge on any atom is 0.219 e. The first-order chi connectivity index (χ1) is 9.56. The molecular weight excluding hydrogens is 252 g/mol. The van der Waals surface area contributed by atoms with Crippen molar-refractivity contribution in [3.8, 4) is 0 Å². The Kier molecular flexibility index (Phi) is 5.15. The third-order valence-electron chi connectivity index (χ3n) is 4.00. The molecule has 1 fully saturated rings. The number of aryl methyl sites for hydroxylation is 1. The minimum Gasteiger partial charge on any atom is -0.387 e. The molecule has 1 aliphatic rings. The summed E-state index contributed by atoms with van der Waals surface area (Å²) in [6, 6.07) is 8.37. The van der Waals surface area contributed by atoms with E-state index in [0.717, 1.165) is 31.5 Å². The predicted octanol–water partition coefficient (Wildman–Crippen LogP) is 1.63. The summed E-state index contributed by atoms with van der Waals surface area (Å²) >= 11 is 0. The number of piperidine rings is 1. The molecule has 4 nitrogen and oxygen atoms in total. The molecule has 1 unspecified atom stereocenters. The Balaban J connectivity index is 1.75. The van der Waals surface area contributed by atoms with Gasteiger partial charge < -0.3 is 15.3 Å². The van der Waals surface area contributed by atoms with Crippen molar-refractivity contribution >= 4 is 5.91 Å². The number of carbonyl (C=O) groups is 1. The molecule has 0 saturated carbocycles. The molecule has 2 N–H and O–H groups in total. The number of benzene rings is 1. The van der Waals surface area contributed by atoms with Gasteiger partial charge in [0.1, 0.15) is 0 Å². The van der Waals surface area contributed by atoms with Gasteiger partial charge in [0.05, 0.1) is 6.10 Å². The van der Waals surface area contributed by atoms with Crippen LogP contribution < -0.4 is 5.32 Å². The van der Waals surface area contributed by atoms with Crippen LogP contribution >= 0.6 is 0 Å². The molecule has 0 bridgehead atoms. The van der Waals surface area contributed by atoms with Gasteiger partial charge in [0.25, 0.3) is 0 Å². The van der Waals surface area contributed by atoms with E-state index in [0.29, 0.717) is 12.6 Å². The summed E-state index contributed by atoms with van der Waals surface area (Å²) in [6.07, 6.45) is 1.45. The van der Waals surface area contributed by atoms with Crippen molar-refractivity contribution in [1.82, 2.24) is 10.2 Å². The smallest absolute Gasteiger partial charge is 0.219 e. The fourth-order valence-corrected chi connectivity index (χ4v) is 2.58. The highest BCUT2D eigenvalue weighted by atomic mass is 16.3. The van der Waals surface area contributed by atoms with Crippen LogP contribution in [0.15, 0.2) is 24.3 Å². The lowest BCUT2D eigenvalue weighted by molar-refractivity contribution is -0.129. The van der Waals surface area contributed by atoms with Crippen LogP contribution in [-0.4, -0.2) is 41.6 Å². The van der Waals surface area contributed by atoms with Gasteiger partial charge in [0.15, 0.2) is 0 Å². The van der Waals surface area contributed by atoms with Crippen LogP contribution in [0.5, 0.6) is 0 Å². The van der Waals surface area contributed by atoms with Gasteiger partial charge in [0.2, 0.25) is 5.91 Å². The van der Waals surface area contributed by atoms with Gasteiger partial charge in [0, 0.05) is 32.6 Å². The van der Waals surface area contributed by atoms with Crippen molar-refractivity contribution in [2.45, 2.75) is 38.8 Å². The standard InChI is InChI=1S/C16H24N2O2/c1-12-3-5-14(6-4-12)16(20)11-17-15-7-9-18(10-8-15)13(2)19/h3-6,15-17,20H,7-11H2,1-2H3. The fraction of sp³-hybridized carbons (Fsp3) is 0.562. The van der Waals surface area contributed by atoms with E-state index in [1.54, 1.807) is 6.92 Å². The van der Waals surface area contributed by atoms with Crippen LogP contribution in [-0.2, 0) is 4.79 Å². The highest BCUT2D eigenvalue weighted by molar-refractivity contribution is 5.73. The maximum atomic E-state index is 11.2. The number of carbonyl (C=O) groups excluding carboxylic acids is 1. The largest absolute Gasteiger partial charge is 0.387 e. The number of hydrogen-bond acceptors (Lipinski definition) is 3. The normalized spacial score (nSPS) is 18.1. The molecule has 110 valence electrons. The van der Waals surface area contributed by atoms with Gasteiger partial charge in [-0.05, 0) is 25.3 Å². The van der Waals surface area contributed by atoms with Crippen LogP contribution in [0.1, 0.15) is 37.0 Å². The Labute approximate surface area is 120 Å². The molecule has 1 aliphatic heterocycles. The van der Waals surface area contributed by atoms with Crippen molar-refractivity contribution in [3.05, 3.63) is 35.4 Å². The average molecular weight is 276 g/mol. The van der Waals surface area contributed by atoms with Crippen LogP contribution in [0.25, 0.3) is 0 Å². The lowest BCUT2D eigenvalue weighted by Crippen LogP contribution is -2.45. The molecule has 0 aromatic heterocycles. The molecular formula is C16H24N2O2. The average Bonchev–Trinajstić information content (AvgIpc) is 2.46. The van der Waals surface area contributed by atoms with Crippen LogP contribution in [0.4, 0.5) is 0 Å². The number of nitrogens with one attached hydrogen (secondary N) is 1. The quantitative estimate of drug-likeness (QED) is 0.879. The zero-order valence-electron chi connectivity index (χ0n) is 12.3. The van der Waals surface area contributed by atoms with Crippen LogP contribution in [0.2, 0.25) is 0 Å².